The minimum atomic E-state index is 0.452. The topological polar surface area (TPSA) is 45.4 Å². The smallest absolute Gasteiger partial charge is 0.216 e. The number of ether oxygens (including phenoxy) is 1. The lowest BCUT2D eigenvalue weighted by Gasteiger charge is -2.01. The number of nitrogens with zero attached hydrogens (tertiary/aromatic N) is 2. The first-order valence-electron chi connectivity index (χ1n) is 4.53. The van der Waals surface area contributed by atoms with Crippen LogP contribution in [0.25, 0.3) is 0 Å². The first-order chi connectivity index (χ1) is 6.90. The molecule has 0 fully saturated rings. The van der Waals surface area contributed by atoms with Crippen LogP contribution in [0.2, 0.25) is 0 Å². The van der Waals surface area contributed by atoms with Crippen LogP contribution in [-0.2, 0) is 11.2 Å². The number of aliphatic imine (C=N–C) groups is 1. The van der Waals surface area contributed by atoms with Crippen LogP contribution in [0, 0.1) is 11.3 Å². The number of hydrogen-bond donors (Lipinski definition) is 0. The Hall–Kier alpha value is -1.82. The van der Waals surface area contributed by atoms with Crippen LogP contribution in [0.3, 0.4) is 0 Å². The Labute approximate surface area is 82.7 Å². The molecular formula is C11H10N2O. The van der Waals surface area contributed by atoms with Crippen LogP contribution in [-0.4, -0.2) is 19.0 Å². The van der Waals surface area contributed by atoms with Gasteiger partial charge in [0.25, 0.3) is 0 Å². The van der Waals surface area contributed by atoms with Gasteiger partial charge in [-0.15, -0.1) is 0 Å². The van der Waals surface area contributed by atoms with Gasteiger partial charge in [-0.25, -0.2) is 4.99 Å². The minimum Gasteiger partial charge on any atom is -0.476 e. The van der Waals surface area contributed by atoms with E-state index in [2.05, 4.69) is 11.1 Å². The van der Waals surface area contributed by atoms with Crippen LogP contribution in [0.1, 0.15) is 11.1 Å². The van der Waals surface area contributed by atoms with E-state index in [1.165, 1.54) is 0 Å². The van der Waals surface area contributed by atoms with E-state index in [0.717, 1.165) is 17.7 Å². The van der Waals surface area contributed by atoms with Crippen LogP contribution in [0.5, 0.6) is 0 Å². The average Bonchev–Trinajstić information content (AvgIpc) is 2.72. The minimum absolute atomic E-state index is 0.452. The lowest BCUT2D eigenvalue weighted by atomic mass is 10.1. The number of nitriles is 1. The van der Waals surface area contributed by atoms with Gasteiger partial charge < -0.3 is 4.74 Å². The van der Waals surface area contributed by atoms with Crippen molar-refractivity contribution in [2.24, 2.45) is 4.99 Å². The van der Waals surface area contributed by atoms with E-state index in [1.807, 2.05) is 24.3 Å². The summed E-state index contributed by atoms with van der Waals surface area (Å²) in [6, 6.07) is 9.86. The van der Waals surface area contributed by atoms with E-state index in [0.29, 0.717) is 18.9 Å². The van der Waals surface area contributed by atoms with Crippen molar-refractivity contribution >= 4 is 5.90 Å². The molecule has 3 nitrogen and oxygen atoms in total. The fourth-order valence-electron chi connectivity index (χ4n) is 1.37. The fraction of sp³-hybridized carbons (Fsp3) is 0.273. The predicted octanol–water partition coefficient (Wildman–Crippen LogP) is 1.53. The molecule has 0 saturated carbocycles. The van der Waals surface area contributed by atoms with Gasteiger partial charge in [-0.3, -0.25) is 0 Å². The van der Waals surface area contributed by atoms with Gasteiger partial charge >= 0.3 is 0 Å². The summed E-state index contributed by atoms with van der Waals surface area (Å²) in [5.74, 6) is 0.716. The van der Waals surface area contributed by atoms with Crippen molar-refractivity contribution < 1.29 is 4.74 Å². The molecule has 0 N–H and O–H groups in total. The fourth-order valence-corrected chi connectivity index (χ4v) is 1.37. The third kappa shape index (κ3) is 1.74. The van der Waals surface area contributed by atoms with Crippen molar-refractivity contribution in [3.63, 3.8) is 0 Å². The molecule has 0 saturated heterocycles. The molecular weight excluding hydrogens is 176 g/mol. The Morgan fingerprint density at radius 3 is 2.71 bits per heavy atom. The molecule has 0 radical (unpaired) electrons. The highest BCUT2D eigenvalue weighted by molar-refractivity contribution is 5.94. The van der Waals surface area contributed by atoms with Crippen LogP contribution in [0.15, 0.2) is 29.3 Å². The normalized spacial score (nSPS) is 14.4. The summed E-state index contributed by atoms with van der Waals surface area (Å²) in [4.78, 5) is 4.21. The lowest BCUT2D eigenvalue weighted by molar-refractivity contribution is 0.348. The molecule has 1 aliphatic heterocycles. The summed E-state index contributed by atoms with van der Waals surface area (Å²) < 4.78 is 5.32. The molecule has 0 unspecified atom stereocenters. The lowest BCUT2D eigenvalue weighted by Crippen LogP contribution is -2.00. The van der Waals surface area contributed by atoms with E-state index in [9.17, 15) is 0 Å². The molecule has 0 aromatic heterocycles. The Balaban J connectivity index is 2.18. The van der Waals surface area contributed by atoms with Crippen LogP contribution in [0.4, 0.5) is 0 Å². The van der Waals surface area contributed by atoms with Gasteiger partial charge in [0.15, 0.2) is 0 Å². The molecule has 1 heterocycles. The van der Waals surface area contributed by atoms with Crippen molar-refractivity contribution in [1.82, 2.24) is 0 Å². The van der Waals surface area contributed by atoms with Gasteiger partial charge in [0.05, 0.1) is 19.0 Å². The second-order valence-electron chi connectivity index (χ2n) is 3.07. The zero-order valence-electron chi connectivity index (χ0n) is 7.73. The highest BCUT2D eigenvalue weighted by Crippen LogP contribution is 2.09. The van der Waals surface area contributed by atoms with Crippen LogP contribution >= 0.6 is 0 Å². The van der Waals surface area contributed by atoms with E-state index in [4.69, 9.17) is 10.00 Å². The molecule has 1 aliphatic rings. The number of hydrogen-bond acceptors (Lipinski definition) is 3. The maximum atomic E-state index is 8.50. The Kier molecular flexibility index (Phi) is 2.46. The van der Waals surface area contributed by atoms with Crippen molar-refractivity contribution in [2.45, 2.75) is 6.42 Å². The number of benzene rings is 1. The third-order valence-corrected chi connectivity index (χ3v) is 2.07. The van der Waals surface area contributed by atoms with Gasteiger partial charge in [0, 0.05) is 5.56 Å². The maximum absolute atomic E-state index is 8.50. The first kappa shape index (κ1) is 8.76. The highest BCUT2D eigenvalue weighted by Gasteiger charge is 2.09. The molecule has 0 bridgehead atoms. The summed E-state index contributed by atoms with van der Waals surface area (Å²) in [6.07, 6.45) is 0.452. The molecule has 0 amide bonds. The standard InChI is InChI=1S/C11H10N2O/c12-6-5-9-1-3-10(4-2-9)11-13-7-8-14-11/h1-4H,5,7-8H2. The Bertz CT molecular complexity index is 387. The Morgan fingerprint density at radius 2 is 2.14 bits per heavy atom. The quantitative estimate of drug-likeness (QED) is 0.703. The van der Waals surface area contributed by atoms with Crippen LogP contribution < -0.4 is 0 Å². The summed E-state index contributed by atoms with van der Waals surface area (Å²) in [5, 5.41) is 8.50. The van der Waals surface area contributed by atoms with Gasteiger partial charge in [0.2, 0.25) is 5.90 Å². The largest absolute Gasteiger partial charge is 0.476 e. The molecule has 14 heavy (non-hydrogen) atoms. The zero-order chi connectivity index (χ0) is 9.80. The molecule has 0 aliphatic carbocycles. The van der Waals surface area contributed by atoms with Gasteiger partial charge in [0.1, 0.15) is 6.61 Å². The highest BCUT2D eigenvalue weighted by atomic mass is 16.5. The SMILES string of the molecule is N#CCc1ccc(C2=NCCO2)cc1. The van der Waals surface area contributed by atoms with E-state index in [1.54, 1.807) is 0 Å². The van der Waals surface area contributed by atoms with Crippen molar-refractivity contribution in [3.8, 4) is 6.07 Å². The zero-order valence-corrected chi connectivity index (χ0v) is 7.73. The summed E-state index contributed by atoms with van der Waals surface area (Å²) >= 11 is 0. The van der Waals surface area contributed by atoms with Crippen molar-refractivity contribution in [2.75, 3.05) is 13.2 Å². The van der Waals surface area contributed by atoms with Crippen molar-refractivity contribution in [1.29, 1.82) is 5.26 Å². The monoisotopic (exact) mass is 186 g/mol. The second-order valence-corrected chi connectivity index (χ2v) is 3.07. The van der Waals surface area contributed by atoms with Gasteiger partial charge in [-0.1, -0.05) is 12.1 Å². The molecule has 3 heteroatoms. The third-order valence-electron chi connectivity index (χ3n) is 2.07. The first-order valence-corrected chi connectivity index (χ1v) is 4.53. The van der Waals surface area contributed by atoms with Gasteiger partial charge in [-0.05, 0) is 17.7 Å². The molecule has 1 aromatic carbocycles. The average molecular weight is 186 g/mol. The summed E-state index contributed by atoms with van der Waals surface area (Å²) in [5.41, 5.74) is 2.01. The molecule has 2 rings (SSSR count). The molecule has 70 valence electrons. The second kappa shape index (κ2) is 3.93. The molecule has 0 atom stereocenters. The maximum Gasteiger partial charge on any atom is 0.216 e. The summed E-state index contributed by atoms with van der Waals surface area (Å²) in [6.45, 7) is 1.42. The van der Waals surface area contributed by atoms with Crippen molar-refractivity contribution in [3.05, 3.63) is 35.4 Å². The van der Waals surface area contributed by atoms with Gasteiger partial charge in [-0.2, -0.15) is 5.26 Å². The molecule has 1 aromatic rings. The van der Waals surface area contributed by atoms with E-state index in [-0.39, 0.29) is 0 Å². The van der Waals surface area contributed by atoms with E-state index >= 15 is 0 Å². The predicted molar refractivity (Wildman–Crippen MR) is 53.1 cm³/mol. The summed E-state index contributed by atoms with van der Waals surface area (Å²) in [7, 11) is 0. The van der Waals surface area contributed by atoms with E-state index < -0.39 is 0 Å². The Morgan fingerprint density at radius 1 is 1.36 bits per heavy atom. The number of rotatable bonds is 2. The molecule has 0 spiro atoms.